The number of ether oxygens (including phenoxy) is 1. The number of aromatic nitrogens is 2. The van der Waals surface area contributed by atoms with Crippen LogP contribution < -0.4 is 5.32 Å². The summed E-state index contributed by atoms with van der Waals surface area (Å²) in [6.45, 7) is 2.05. The molecule has 146 valence electrons. The van der Waals surface area contributed by atoms with E-state index in [0.717, 1.165) is 5.69 Å². The molecule has 0 spiro atoms. The van der Waals surface area contributed by atoms with Crippen molar-refractivity contribution in [1.82, 2.24) is 13.9 Å². The van der Waals surface area contributed by atoms with Gasteiger partial charge in [-0.3, -0.25) is 4.79 Å². The molecule has 0 bridgehead atoms. The zero-order valence-electron chi connectivity index (χ0n) is 15.1. The fourth-order valence-electron chi connectivity index (χ4n) is 3.01. The van der Waals surface area contributed by atoms with E-state index in [2.05, 4.69) is 15.0 Å². The second kappa shape index (κ2) is 7.41. The average molecular weight is 412 g/mol. The first-order chi connectivity index (χ1) is 12.7. The average Bonchev–Trinajstić information content (AvgIpc) is 3.34. The van der Waals surface area contributed by atoms with E-state index in [4.69, 9.17) is 0 Å². The number of hydrogen-bond acceptors (Lipinski definition) is 7. The number of nitrogens with one attached hydrogen (secondary N) is 1. The SMILES string of the molecule is COC(=O)c1cc(S(=O)(=O)N2CCC[C@@H]2C(=O)Nc2nc(C)cs2)cn1C. The van der Waals surface area contributed by atoms with Gasteiger partial charge in [-0.2, -0.15) is 4.31 Å². The fourth-order valence-corrected chi connectivity index (χ4v) is 5.43. The summed E-state index contributed by atoms with van der Waals surface area (Å²) in [5.41, 5.74) is 0.903. The zero-order chi connectivity index (χ0) is 19.8. The molecule has 1 atom stereocenters. The van der Waals surface area contributed by atoms with Gasteiger partial charge in [0.25, 0.3) is 0 Å². The maximum atomic E-state index is 13.0. The Balaban J connectivity index is 1.85. The van der Waals surface area contributed by atoms with Crippen LogP contribution in [0.4, 0.5) is 5.13 Å². The molecule has 1 N–H and O–H groups in total. The highest BCUT2D eigenvalue weighted by molar-refractivity contribution is 7.89. The summed E-state index contributed by atoms with van der Waals surface area (Å²) in [5.74, 6) is -1.04. The largest absolute Gasteiger partial charge is 0.464 e. The molecule has 0 aromatic carbocycles. The molecule has 0 radical (unpaired) electrons. The lowest BCUT2D eigenvalue weighted by Crippen LogP contribution is -2.43. The molecule has 1 aliphatic rings. The Morgan fingerprint density at radius 3 is 2.78 bits per heavy atom. The number of methoxy groups -OCH3 is 1. The van der Waals surface area contributed by atoms with Crippen LogP contribution in [0.15, 0.2) is 22.5 Å². The molecule has 1 amide bonds. The van der Waals surface area contributed by atoms with E-state index in [1.54, 1.807) is 12.4 Å². The first kappa shape index (κ1) is 19.5. The Bertz CT molecular complexity index is 979. The molecule has 0 saturated carbocycles. The number of rotatable bonds is 5. The Labute approximate surface area is 161 Å². The summed E-state index contributed by atoms with van der Waals surface area (Å²) in [5, 5.41) is 4.93. The van der Waals surface area contributed by atoms with Crippen LogP contribution in [0.25, 0.3) is 0 Å². The van der Waals surface area contributed by atoms with Gasteiger partial charge in [-0.1, -0.05) is 0 Å². The lowest BCUT2D eigenvalue weighted by Gasteiger charge is -2.22. The monoisotopic (exact) mass is 412 g/mol. The number of thiazole rings is 1. The summed E-state index contributed by atoms with van der Waals surface area (Å²) >= 11 is 1.29. The Kier molecular flexibility index (Phi) is 5.36. The molecule has 2 aromatic heterocycles. The highest BCUT2D eigenvalue weighted by Gasteiger charge is 2.40. The number of anilines is 1. The first-order valence-electron chi connectivity index (χ1n) is 8.23. The Morgan fingerprint density at radius 1 is 1.41 bits per heavy atom. The van der Waals surface area contributed by atoms with Gasteiger partial charge in [0.1, 0.15) is 16.6 Å². The van der Waals surface area contributed by atoms with Crippen molar-refractivity contribution in [3.05, 3.63) is 29.0 Å². The van der Waals surface area contributed by atoms with Crippen molar-refractivity contribution >= 4 is 38.4 Å². The van der Waals surface area contributed by atoms with E-state index in [0.29, 0.717) is 18.0 Å². The molecule has 0 aliphatic carbocycles. The zero-order valence-corrected chi connectivity index (χ0v) is 16.8. The van der Waals surface area contributed by atoms with Gasteiger partial charge in [0.05, 0.1) is 12.8 Å². The van der Waals surface area contributed by atoms with Crippen LogP contribution in [0.5, 0.6) is 0 Å². The van der Waals surface area contributed by atoms with Crippen LogP contribution in [-0.2, 0) is 26.6 Å². The molecular weight excluding hydrogens is 392 g/mol. The van der Waals surface area contributed by atoms with Crippen LogP contribution in [0.2, 0.25) is 0 Å². The maximum absolute atomic E-state index is 13.0. The van der Waals surface area contributed by atoms with Gasteiger partial charge in [0, 0.05) is 25.2 Å². The van der Waals surface area contributed by atoms with E-state index < -0.39 is 27.9 Å². The van der Waals surface area contributed by atoms with Crippen molar-refractivity contribution in [2.45, 2.75) is 30.7 Å². The number of carbonyl (C=O) groups excluding carboxylic acids is 2. The third-order valence-electron chi connectivity index (χ3n) is 4.34. The molecule has 1 aliphatic heterocycles. The molecule has 27 heavy (non-hydrogen) atoms. The smallest absolute Gasteiger partial charge is 0.354 e. The summed E-state index contributed by atoms with van der Waals surface area (Å²) in [6, 6.07) is 0.444. The van der Waals surface area contributed by atoms with Gasteiger partial charge < -0.3 is 14.6 Å². The van der Waals surface area contributed by atoms with E-state index in [-0.39, 0.29) is 17.1 Å². The number of sulfonamides is 1. The third kappa shape index (κ3) is 3.75. The number of carbonyl (C=O) groups is 2. The summed E-state index contributed by atoms with van der Waals surface area (Å²) in [6.07, 6.45) is 2.34. The van der Waals surface area contributed by atoms with Crippen LogP contribution >= 0.6 is 11.3 Å². The van der Waals surface area contributed by atoms with Crippen LogP contribution in [0.3, 0.4) is 0 Å². The van der Waals surface area contributed by atoms with Crippen molar-refractivity contribution in [1.29, 1.82) is 0 Å². The Hall–Kier alpha value is -2.24. The molecule has 1 saturated heterocycles. The molecule has 11 heteroatoms. The van der Waals surface area contributed by atoms with Gasteiger partial charge in [0.2, 0.25) is 15.9 Å². The van der Waals surface area contributed by atoms with Gasteiger partial charge in [-0.15, -0.1) is 11.3 Å². The lowest BCUT2D eigenvalue weighted by atomic mass is 10.2. The minimum atomic E-state index is -3.94. The minimum Gasteiger partial charge on any atom is -0.464 e. The third-order valence-corrected chi connectivity index (χ3v) is 7.09. The van der Waals surface area contributed by atoms with Gasteiger partial charge >= 0.3 is 5.97 Å². The molecule has 0 unspecified atom stereocenters. The van der Waals surface area contributed by atoms with Crippen molar-refractivity contribution in [2.24, 2.45) is 7.05 Å². The number of aryl methyl sites for hydroxylation is 2. The first-order valence-corrected chi connectivity index (χ1v) is 10.6. The summed E-state index contributed by atoms with van der Waals surface area (Å²) in [4.78, 5) is 28.5. The second-order valence-electron chi connectivity index (χ2n) is 6.22. The molecule has 3 rings (SSSR count). The topological polar surface area (TPSA) is 111 Å². The summed E-state index contributed by atoms with van der Waals surface area (Å²) in [7, 11) is -1.15. The van der Waals surface area contributed by atoms with Crippen LogP contribution in [-0.4, -0.2) is 53.8 Å². The second-order valence-corrected chi connectivity index (χ2v) is 8.97. The van der Waals surface area contributed by atoms with Gasteiger partial charge in [-0.05, 0) is 25.8 Å². The molecule has 9 nitrogen and oxygen atoms in total. The van der Waals surface area contributed by atoms with Gasteiger partial charge in [-0.25, -0.2) is 18.2 Å². The molecule has 3 heterocycles. The van der Waals surface area contributed by atoms with E-state index in [9.17, 15) is 18.0 Å². The highest BCUT2D eigenvalue weighted by atomic mass is 32.2. The van der Waals surface area contributed by atoms with E-state index in [1.165, 1.54) is 39.6 Å². The van der Waals surface area contributed by atoms with Crippen molar-refractivity contribution < 1.29 is 22.7 Å². The van der Waals surface area contributed by atoms with Crippen LogP contribution in [0.1, 0.15) is 29.0 Å². The number of amides is 1. The van der Waals surface area contributed by atoms with E-state index in [1.807, 2.05) is 6.92 Å². The standard InChI is InChI=1S/C16H20N4O5S2/c1-10-9-26-16(17-10)18-14(21)12-5-4-6-20(12)27(23,24)11-7-13(15(22)25-3)19(2)8-11/h7-9,12H,4-6H2,1-3H3,(H,17,18,21)/t12-/m1/s1. The Morgan fingerprint density at radius 2 is 2.15 bits per heavy atom. The van der Waals surface area contributed by atoms with Gasteiger partial charge in [0.15, 0.2) is 5.13 Å². The van der Waals surface area contributed by atoms with Crippen molar-refractivity contribution in [2.75, 3.05) is 19.0 Å². The molecule has 2 aromatic rings. The maximum Gasteiger partial charge on any atom is 0.354 e. The number of esters is 1. The fraction of sp³-hybridized carbons (Fsp3) is 0.438. The number of hydrogen-bond donors (Lipinski definition) is 1. The predicted octanol–water partition coefficient (Wildman–Crippen LogP) is 1.37. The van der Waals surface area contributed by atoms with Crippen molar-refractivity contribution in [3.8, 4) is 0 Å². The normalized spacial score (nSPS) is 17.8. The highest BCUT2D eigenvalue weighted by Crippen LogP contribution is 2.28. The van der Waals surface area contributed by atoms with E-state index >= 15 is 0 Å². The predicted molar refractivity (Wildman–Crippen MR) is 99.1 cm³/mol. The minimum absolute atomic E-state index is 0.0461. The van der Waals surface area contributed by atoms with Crippen LogP contribution in [0, 0.1) is 6.92 Å². The summed E-state index contributed by atoms with van der Waals surface area (Å²) < 4.78 is 33.3. The van der Waals surface area contributed by atoms with Crippen molar-refractivity contribution in [3.63, 3.8) is 0 Å². The lowest BCUT2D eigenvalue weighted by molar-refractivity contribution is -0.119. The molecule has 1 fully saturated rings. The number of nitrogens with zero attached hydrogens (tertiary/aromatic N) is 3. The molecular formula is C16H20N4O5S2. The quantitative estimate of drug-likeness (QED) is 0.743.